The first-order valence-electron chi connectivity index (χ1n) is 13.3. The molecule has 1 fully saturated rings. The van der Waals surface area contributed by atoms with Crippen LogP contribution in [-0.4, -0.2) is 66.2 Å². The summed E-state index contributed by atoms with van der Waals surface area (Å²) < 4.78 is 23.2. The number of methoxy groups -OCH3 is 1. The molecule has 220 valence electrons. The third-order valence-electron chi connectivity index (χ3n) is 7.67. The molecule has 1 atom stereocenters. The van der Waals surface area contributed by atoms with Gasteiger partial charge in [0.2, 0.25) is 0 Å². The first-order valence-corrected chi connectivity index (χ1v) is 13.7. The molecule has 0 bridgehead atoms. The molecule has 1 aromatic carbocycles. The van der Waals surface area contributed by atoms with Crippen LogP contribution in [0.1, 0.15) is 31.0 Å². The summed E-state index contributed by atoms with van der Waals surface area (Å²) in [6.45, 7) is 9.68. The molecule has 1 aliphatic heterocycles. The van der Waals surface area contributed by atoms with E-state index >= 15 is 4.39 Å². The number of pyridine rings is 2. The largest absolute Gasteiger partial charge is 0.507 e. The Labute approximate surface area is 245 Å². The number of ether oxygens (including phenoxy) is 1. The van der Waals surface area contributed by atoms with Crippen molar-refractivity contribution in [1.29, 1.82) is 0 Å². The van der Waals surface area contributed by atoms with Gasteiger partial charge in [0.1, 0.15) is 23.4 Å². The highest BCUT2D eigenvalue weighted by atomic mass is 35.5. The van der Waals surface area contributed by atoms with E-state index < -0.39 is 28.8 Å². The number of phenolic OH excluding ortho intramolecular Hbond substituents is 1. The Hall–Kier alpha value is -3.90. The van der Waals surface area contributed by atoms with E-state index in [1.54, 1.807) is 24.1 Å². The van der Waals surface area contributed by atoms with Gasteiger partial charge in [-0.15, -0.1) is 0 Å². The standard InChI is InChI=1S/C30H31ClFN5O5/c1-6-22(39)35-13-30(14-35,42-5)15-36-20-12-18(31)25(23-19(32)8-7-9-21(23)38)34-27(20)37(29(41)28(36)40)26-17(4)10-11-33-24(26)16(2)3/h6-12,16,22,38-39H,1,13-15H2,2-5H3. The summed E-state index contributed by atoms with van der Waals surface area (Å²) in [6, 6.07) is 6.97. The zero-order valence-electron chi connectivity index (χ0n) is 23.6. The second kappa shape index (κ2) is 11.1. The molecule has 0 aliphatic carbocycles. The van der Waals surface area contributed by atoms with Crippen molar-refractivity contribution >= 4 is 22.8 Å². The molecular weight excluding hydrogens is 565 g/mol. The molecule has 3 aromatic heterocycles. The second-order valence-corrected chi connectivity index (χ2v) is 11.2. The number of rotatable bonds is 8. The first kappa shape index (κ1) is 29.6. The number of phenols is 1. The molecule has 4 aromatic rings. The predicted octanol–water partition coefficient (Wildman–Crippen LogP) is 3.74. The highest BCUT2D eigenvalue weighted by molar-refractivity contribution is 6.33. The van der Waals surface area contributed by atoms with Crippen molar-refractivity contribution in [3.05, 3.63) is 92.0 Å². The molecule has 0 radical (unpaired) electrons. The summed E-state index contributed by atoms with van der Waals surface area (Å²) in [5.74, 6) is -1.28. The van der Waals surface area contributed by atoms with E-state index in [2.05, 4.69) is 16.5 Å². The summed E-state index contributed by atoms with van der Waals surface area (Å²) in [5.41, 5.74) is -1.17. The molecule has 10 nitrogen and oxygen atoms in total. The van der Waals surface area contributed by atoms with Crippen LogP contribution in [0.5, 0.6) is 5.75 Å². The molecule has 1 unspecified atom stereocenters. The van der Waals surface area contributed by atoms with Gasteiger partial charge in [-0.1, -0.05) is 38.1 Å². The van der Waals surface area contributed by atoms with Gasteiger partial charge in [-0.2, -0.15) is 0 Å². The van der Waals surface area contributed by atoms with Gasteiger partial charge in [0, 0.05) is 26.4 Å². The van der Waals surface area contributed by atoms with Gasteiger partial charge in [-0.3, -0.25) is 28.6 Å². The quantitative estimate of drug-likeness (QED) is 0.233. The summed E-state index contributed by atoms with van der Waals surface area (Å²) in [6.07, 6.45) is 2.11. The van der Waals surface area contributed by atoms with E-state index in [1.165, 1.54) is 40.5 Å². The highest BCUT2D eigenvalue weighted by Gasteiger charge is 2.46. The van der Waals surface area contributed by atoms with E-state index in [0.717, 1.165) is 6.07 Å². The number of aromatic nitrogens is 4. The fraction of sp³-hybridized carbons (Fsp3) is 0.333. The maximum absolute atomic E-state index is 15.0. The summed E-state index contributed by atoms with van der Waals surface area (Å²) in [7, 11) is 1.49. The molecule has 4 heterocycles. The number of fused-ring (bicyclic) bond motifs is 1. The van der Waals surface area contributed by atoms with Gasteiger partial charge in [-0.25, -0.2) is 9.37 Å². The van der Waals surface area contributed by atoms with E-state index in [4.69, 9.17) is 16.3 Å². The molecule has 2 N–H and O–H groups in total. The fourth-order valence-electron chi connectivity index (χ4n) is 5.43. The third-order valence-corrected chi connectivity index (χ3v) is 7.96. The van der Waals surface area contributed by atoms with Crippen LogP contribution < -0.4 is 11.1 Å². The summed E-state index contributed by atoms with van der Waals surface area (Å²) in [4.78, 5) is 38.7. The lowest BCUT2D eigenvalue weighted by Gasteiger charge is -2.50. The van der Waals surface area contributed by atoms with Crippen molar-refractivity contribution in [1.82, 2.24) is 24.0 Å². The lowest BCUT2D eigenvalue weighted by atomic mass is 9.93. The third kappa shape index (κ3) is 4.82. The van der Waals surface area contributed by atoms with Crippen molar-refractivity contribution in [2.24, 2.45) is 0 Å². The number of nitrogens with zero attached hydrogens (tertiary/aromatic N) is 5. The zero-order chi connectivity index (χ0) is 30.5. The number of hydrogen-bond donors (Lipinski definition) is 2. The minimum atomic E-state index is -0.915. The van der Waals surface area contributed by atoms with Gasteiger partial charge < -0.3 is 14.9 Å². The number of aliphatic hydroxyl groups is 1. The van der Waals surface area contributed by atoms with Crippen molar-refractivity contribution in [2.45, 2.75) is 45.1 Å². The fourth-order valence-corrected chi connectivity index (χ4v) is 5.67. The second-order valence-electron chi connectivity index (χ2n) is 10.8. The Morgan fingerprint density at radius 3 is 2.57 bits per heavy atom. The number of aliphatic hydroxyl groups excluding tert-OH is 1. The number of halogens is 2. The minimum absolute atomic E-state index is 0.0215. The van der Waals surface area contributed by atoms with Crippen LogP contribution in [-0.2, 0) is 11.3 Å². The number of benzene rings is 1. The zero-order valence-corrected chi connectivity index (χ0v) is 24.4. The van der Waals surface area contributed by atoms with E-state index in [-0.39, 0.29) is 58.7 Å². The normalized spacial score (nSPS) is 15.6. The molecule has 1 saturated heterocycles. The maximum Gasteiger partial charge on any atom is 0.322 e. The Morgan fingerprint density at radius 1 is 1.24 bits per heavy atom. The van der Waals surface area contributed by atoms with E-state index in [0.29, 0.717) is 16.9 Å². The number of hydrogen-bond acceptors (Lipinski definition) is 8. The Kier molecular flexibility index (Phi) is 7.80. The average Bonchev–Trinajstić information content (AvgIpc) is 2.93. The molecule has 42 heavy (non-hydrogen) atoms. The molecule has 12 heteroatoms. The Morgan fingerprint density at radius 2 is 1.95 bits per heavy atom. The minimum Gasteiger partial charge on any atom is -0.507 e. The number of aryl methyl sites for hydroxylation is 1. The predicted molar refractivity (Wildman–Crippen MR) is 158 cm³/mol. The van der Waals surface area contributed by atoms with E-state index in [1.807, 2.05) is 13.8 Å². The molecule has 0 saturated carbocycles. The number of aromatic hydroxyl groups is 1. The first-order chi connectivity index (χ1) is 19.9. The summed E-state index contributed by atoms with van der Waals surface area (Å²) in [5, 5.41) is 20.7. The average molecular weight is 596 g/mol. The van der Waals surface area contributed by atoms with Crippen molar-refractivity contribution in [3.63, 3.8) is 0 Å². The Balaban J connectivity index is 1.85. The Bertz CT molecular complexity index is 1810. The van der Waals surface area contributed by atoms with Crippen molar-refractivity contribution in [3.8, 4) is 22.7 Å². The highest BCUT2D eigenvalue weighted by Crippen LogP contribution is 2.37. The van der Waals surface area contributed by atoms with Gasteiger partial charge in [0.05, 0.1) is 39.7 Å². The molecule has 5 rings (SSSR count). The van der Waals surface area contributed by atoms with Crippen LogP contribution in [0, 0.1) is 12.7 Å². The molecule has 1 aliphatic rings. The van der Waals surface area contributed by atoms with Gasteiger partial charge >= 0.3 is 11.1 Å². The van der Waals surface area contributed by atoms with Gasteiger partial charge in [0.15, 0.2) is 5.65 Å². The lowest BCUT2D eigenvalue weighted by Crippen LogP contribution is -2.67. The topological polar surface area (TPSA) is 123 Å². The van der Waals surface area contributed by atoms with Crippen LogP contribution in [0.2, 0.25) is 5.02 Å². The van der Waals surface area contributed by atoms with Crippen LogP contribution in [0.3, 0.4) is 0 Å². The monoisotopic (exact) mass is 595 g/mol. The van der Waals surface area contributed by atoms with Crippen LogP contribution >= 0.6 is 11.6 Å². The molecular formula is C30H31ClFN5O5. The molecule has 0 spiro atoms. The lowest BCUT2D eigenvalue weighted by molar-refractivity contribution is -0.170. The summed E-state index contributed by atoms with van der Waals surface area (Å²) >= 11 is 6.65. The van der Waals surface area contributed by atoms with Crippen LogP contribution in [0.15, 0.2) is 58.8 Å². The molecule has 0 amide bonds. The smallest absolute Gasteiger partial charge is 0.322 e. The van der Waals surface area contributed by atoms with Crippen molar-refractivity contribution < 1.29 is 19.3 Å². The SMILES string of the molecule is C=CC(O)N1CC(Cn2c(=O)c(=O)n(-c3c(C)ccnc3C(C)C)c3nc(-c4c(O)cccc4F)c(Cl)cc32)(OC)C1. The number of likely N-dealkylation sites (tertiary alicyclic amines) is 1. The maximum atomic E-state index is 15.0. The van der Waals surface area contributed by atoms with E-state index in [9.17, 15) is 19.8 Å². The van der Waals surface area contributed by atoms with Crippen molar-refractivity contribution in [2.75, 3.05) is 20.2 Å². The van der Waals surface area contributed by atoms with Gasteiger partial charge in [-0.05, 0) is 48.7 Å². The van der Waals surface area contributed by atoms with Crippen LogP contribution in [0.25, 0.3) is 28.1 Å². The van der Waals surface area contributed by atoms with Gasteiger partial charge in [0.25, 0.3) is 0 Å². The van der Waals surface area contributed by atoms with Crippen LogP contribution in [0.4, 0.5) is 4.39 Å².